The molecule has 0 atom stereocenters. The first-order chi connectivity index (χ1) is 13.9. The van der Waals surface area contributed by atoms with Crippen molar-refractivity contribution < 1.29 is 23.9 Å². The topological polar surface area (TPSA) is 109 Å². The summed E-state index contributed by atoms with van der Waals surface area (Å²) >= 11 is 3.36. The highest BCUT2D eigenvalue weighted by Crippen LogP contribution is 2.16. The minimum atomic E-state index is -1.07. The molecule has 2 aromatic carbocycles. The maximum atomic E-state index is 12.8. The molecule has 7 nitrogen and oxygen atoms in total. The van der Waals surface area contributed by atoms with Crippen LogP contribution in [0, 0.1) is 0 Å². The fourth-order valence-corrected chi connectivity index (χ4v) is 2.82. The molecule has 8 heteroatoms. The first-order valence-corrected chi connectivity index (χ1v) is 9.18. The van der Waals surface area contributed by atoms with Crippen LogP contribution in [0.15, 0.2) is 81.5 Å². The molecule has 1 aromatic heterocycles. The summed E-state index contributed by atoms with van der Waals surface area (Å²) in [5.74, 6) is -2.16. The van der Waals surface area contributed by atoms with E-state index in [1.54, 1.807) is 24.3 Å². The van der Waals surface area contributed by atoms with Crippen molar-refractivity contribution in [1.29, 1.82) is 0 Å². The zero-order valence-electron chi connectivity index (χ0n) is 14.9. The molecule has 0 aliphatic rings. The molecule has 0 unspecified atom stereocenters. The molecule has 3 rings (SSSR count). The van der Waals surface area contributed by atoms with Gasteiger partial charge in [0.1, 0.15) is 5.70 Å². The third-order valence-electron chi connectivity index (χ3n) is 3.79. The summed E-state index contributed by atoms with van der Waals surface area (Å²) in [6.45, 7) is 0. The summed E-state index contributed by atoms with van der Waals surface area (Å²) in [7, 11) is 0. The average Bonchev–Trinajstić information content (AvgIpc) is 3.23. The Kier molecular flexibility index (Phi) is 6.25. The molecule has 0 radical (unpaired) electrons. The maximum Gasteiger partial charge on any atom is 0.335 e. The first-order valence-electron chi connectivity index (χ1n) is 8.39. The minimum absolute atomic E-state index is 0.00758. The Balaban J connectivity index is 1.85. The quantitative estimate of drug-likeness (QED) is 0.484. The van der Waals surface area contributed by atoms with Crippen LogP contribution >= 0.6 is 15.9 Å². The van der Waals surface area contributed by atoms with E-state index in [0.29, 0.717) is 11.3 Å². The van der Waals surface area contributed by atoms with Crippen molar-refractivity contribution in [1.82, 2.24) is 5.32 Å². The number of carboxylic acids is 1. The second-order valence-corrected chi connectivity index (χ2v) is 6.80. The second-order valence-electron chi connectivity index (χ2n) is 5.88. The lowest BCUT2D eigenvalue weighted by atomic mass is 10.1. The number of halogens is 1. The van der Waals surface area contributed by atoms with Crippen molar-refractivity contribution in [2.24, 2.45) is 0 Å². The van der Waals surface area contributed by atoms with Gasteiger partial charge >= 0.3 is 5.97 Å². The van der Waals surface area contributed by atoms with Gasteiger partial charge in [-0.1, -0.05) is 28.1 Å². The molecule has 0 saturated carbocycles. The lowest BCUT2D eigenvalue weighted by Crippen LogP contribution is -2.30. The Bertz CT molecular complexity index is 1070. The number of rotatable bonds is 6. The number of carbonyl (C=O) groups is 3. The summed E-state index contributed by atoms with van der Waals surface area (Å²) in [5.41, 5.74) is 1.16. The van der Waals surface area contributed by atoms with E-state index in [0.717, 1.165) is 4.47 Å². The molecule has 0 aliphatic carbocycles. The van der Waals surface area contributed by atoms with Crippen LogP contribution in [0.3, 0.4) is 0 Å². The third kappa shape index (κ3) is 5.43. The highest BCUT2D eigenvalue weighted by Gasteiger charge is 2.17. The second kappa shape index (κ2) is 9.03. The highest BCUT2D eigenvalue weighted by molar-refractivity contribution is 9.10. The Morgan fingerprint density at radius 3 is 2.38 bits per heavy atom. The Morgan fingerprint density at radius 1 is 1.00 bits per heavy atom. The van der Waals surface area contributed by atoms with Gasteiger partial charge in [-0.05, 0) is 60.2 Å². The number of amides is 2. The molecule has 3 N–H and O–H groups in total. The molecule has 0 aliphatic heterocycles. The van der Waals surface area contributed by atoms with Gasteiger partial charge in [-0.3, -0.25) is 9.59 Å². The summed E-state index contributed by atoms with van der Waals surface area (Å²) in [4.78, 5) is 36.1. The molecule has 146 valence electrons. The number of nitrogens with one attached hydrogen (secondary N) is 2. The van der Waals surface area contributed by atoms with E-state index in [2.05, 4.69) is 26.6 Å². The highest BCUT2D eigenvalue weighted by atomic mass is 79.9. The number of benzene rings is 2. The van der Waals surface area contributed by atoms with Crippen molar-refractivity contribution >= 4 is 45.5 Å². The Morgan fingerprint density at radius 2 is 1.76 bits per heavy atom. The van der Waals surface area contributed by atoms with Crippen molar-refractivity contribution in [3.63, 3.8) is 0 Å². The fourth-order valence-electron chi connectivity index (χ4n) is 2.41. The lowest BCUT2D eigenvalue weighted by molar-refractivity contribution is -0.113. The largest absolute Gasteiger partial charge is 0.478 e. The summed E-state index contributed by atoms with van der Waals surface area (Å²) in [6, 6.07) is 15.9. The number of hydrogen-bond donors (Lipinski definition) is 3. The molecule has 0 fully saturated rings. The SMILES string of the molecule is O=C(Nc1ccc(C(=O)O)cc1)C(=Cc1cccc(Br)c1)NC(=O)c1ccco1. The van der Waals surface area contributed by atoms with Crippen LogP contribution < -0.4 is 10.6 Å². The molecule has 1 heterocycles. The Labute approximate surface area is 174 Å². The van der Waals surface area contributed by atoms with E-state index in [-0.39, 0.29) is 17.0 Å². The number of anilines is 1. The Hall–Kier alpha value is -3.65. The first kappa shape index (κ1) is 20.1. The van der Waals surface area contributed by atoms with Crippen LogP contribution in [0.2, 0.25) is 0 Å². The third-order valence-corrected chi connectivity index (χ3v) is 4.28. The van der Waals surface area contributed by atoms with E-state index < -0.39 is 17.8 Å². The monoisotopic (exact) mass is 454 g/mol. The van der Waals surface area contributed by atoms with Gasteiger partial charge in [-0.2, -0.15) is 0 Å². The number of furan rings is 1. The van der Waals surface area contributed by atoms with E-state index in [9.17, 15) is 14.4 Å². The summed E-state index contributed by atoms with van der Waals surface area (Å²) in [5, 5.41) is 14.1. The average molecular weight is 455 g/mol. The number of hydrogen-bond acceptors (Lipinski definition) is 4. The fraction of sp³-hybridized carbons (Fsp3) is 0. The van der Waals surface area contributed by atoms with Gasteiger partial charge < -0.3 is 20.2 Å². The van der Waals surface area contributed by atoms with E-state index in [1.807, 2.05) is 6.07 Å². The molecule has 0 bridgehead atoms. The molecular formula is C21H15BrN2O5. The van der Waals surface area contributed by atoms with Gasteiger partial charge in [0.25, 0.3) is 11.8 Å². The zero-order chi connectivity index (χ0) is 20.8. The van der Waals surface area contributed by atoms with E-state index >= 15 is 0 Å². The minimum Gasteiger partial charge on any atom is -0.478 e. The lowest BCUT2D eigenvalue weighted by Gasteiger charge is -2.11. The maximum absolute atomic E-state index is 12.8. The number of carboxylic acid groups (broad SMARTS) is 1. The van der Waals surface area contributed by atoms with Crippen molar-refractivity contribution in [2.45, 2.75) is 0 Å². The molecule has 2 amide bonds. The number of carbonyl (C=O) groups excluding carboxylic acids is 2. The van der Waals surface area contributed by atoms with Crippen LogP contribution in [-0.4, -0.2) is 22.9 Å². The molecule has 3 aromatic rings. The molecule has 0 spiro atoms. The summed E-state index contributed by atoms with van der Waals surface area (Å²) < 4.78 is 5.88. The number of aromatic carboxylic acids is 1. The van der Waals surface area contributed by atoms with Crippen LogP contribution in [0.5, 0.6) is 0 Å². The van der Waals surface area contributed by atoms with Crippen molar-refractivity contribution in [3.8, 4) is 0 Å². The van der Waals surface area contributed by atoms with Crippen LogP contribution in [0.1, 0.15) is 26.5 Å². The van der Waals surface area contributed by atoms with Crippen molar-refractivity contribution in [2.75, 3.05) is 5.32 Å². The summed E-state index contributed by atoms with van der Waals surface area (Å²) in [6.07, 6.45) is 2.88. The molecule has 0 saturated heterocycles. The van der Waals surface area contributed by atoms with Gasteiger partial charge in [0.2, 0.25) is 0 Å². The van der Waals surface area contributed by atoms with Crippen LogP contribution in [0.4, 0.5) is 5.69 Å². The zero-order valence-corrected chi connectivity index (χ0v) is 16.5. The van der Waals surface area contributed by atoms with Gasteiger partial charge in [-0.25, -0.2) is 4.79 Å². The molecular weight excluding hydrogens is 440 g/mol. The molecule has 29 heavy (non-hydrogen) atoms. The normalized spacial score (nSPS) is 11.0. The van der Waals surface area contributed by atoms with Gasteiger partial charge in [0.15, 0.2) is 5.76 Å². The van der Waals surface area contributed by atoms with Gasteiger partial charge in [0.05, 0.1) is 11.8 Å². The van der Waals surface area contributed by atoms with E-state index in [4.69, 9.17) is 9.52 Å². The van der Waals surface area contributed by atoms with Crippen LogP contribution in [0.25, 0.3) is 6.08 Å². The van der Waals surface area contributed by atoms with E-state index in [1.165, 1.54) is 42.7 Å². The van der Waals surface area contributed by atoms with Crippen LogP contribution in [-0.2, 0) is 4.79 Å². The predicted molar refractivity (Wildman–Crippen MR) is 110 cm³/mol. The predicted octanol–water partition coefficient (Wildman–Crippen LogP) is 4.15. The smallest absolute Gasteiger partial charge is 0.335 e. The van der Waals surface area contributed by atoms with Gasteiger partial charge in [-0.15, -0.1) is 0 Å². The standard InChI is InChI=1S/C21H15BrN2O5/c22-15-4-1-3-13(11-15)12-17(24-20(26)18-5-2-10-29-18)19(25)23-16-8-6-14(7-9-16)21(27)28/h1-12H,(H,23,25)(H,24,26)(H,27,28). The van der Waals surface area contributed by atoms with Gasteiger partial charge in [0, 0.05) is 10.2 Å². The van der Waals surface area contributed by atoms with Crippen molar-refractivity contribution in [3.05, 3.63) is 94.0 Å².